The lowest BCUT2D eigenvalue weighted by Gasteiger charge is -2.39. The largest absolute Gasteiger partial charge is 0.487 e. The van der Waals surface area contributed by atoms with E-state index in [1.165, 1.54) is 18.6 Å². The molecule has 3 heterocycles. The number of amides is 1. The molecule has 7 nitrogen and oxygen atoms in total. The highest BCUT2D eigenvalue weighted by atomic mass is 19.1. The van der Waals surface area contributed by atoms with Crippen LogP contribution in [0, 0.1) is 5.82 Å². The summed E-state index contributed by atoms with van der Waals surface area (Å²) in [6.45, 7) is 1.00. The second-order valence-electron chi connectivity index (χ2n) is 4.58. The van der Waals surface area contributed by atoms with E-state index in [1.54, 1.807) is 11.0 Å². The fourth-order valence-corrected chi connectivity index (χ4v) is 2.04. The Bertz CT molecular complexity index is 675. The minimum Gasteiger partial charge on any atom is -0.487 e. The van der Waals surface area contributed by atoms with Crippen LogP contribution in [-0.2, 0) is 0 Å². The highest BCUT2D eigenvalue weighted by Gasteiger charge is 2.31. The summed E-state index contributed by atoms with van der Waals surface area (Å²) in [6.07, 6.45) is 3.77. The number of carbonyl (C=O) groups is 1. The van der Waals surface area contributed by atoms with Crippen molar-refractivity contribution in [3.63, 3.8) is 0 Å². The van der Waals surface area contributed by atoms with Gasteiger partial charge >= 0.3 is 0 Å². The maximum absolute atomic E-state index is 13.5. The molecule has 0 radical (unpaired) electrons. The molecule has 0 aromatic carbocycles. The van der Waals surface area contributed by atoms with Gasteiger partial charge in [-0.2, -0.15) is 0 Å². The quantitative estimate of drug-likeness (QED) is 0.874. The van der Waals surface area contributed by atoms with E-state index < -0.39 is 11.7 Å². The van der Waals surface area contributed by atoms with E-state index in [0.717, 1.165) is 6.20 Å². The molecule has 1 aliphatic rings. The number of aromatic nitrogens is 3. The van der Waals surface area contributed by atoms with E-state index in [1.807, 2.05) is 0 Å². The number of pyridine rings is 1. The number of nitrogens with zero attached hydrogens (tertiary/aromatic N) is 4. The topological polar surface area (TPSA) is 94.2 Å². The van der Waals surface area contributed by atoms with Gasteiger partial charge in [0.25, 0.3) is 5.91 Å². The van der Waals surface area contributed by atoms with Crippen molar-refractivity contribution in [3.05, 3.63) is 42.4 Å². The third-order valence-electron chi connectivity index (χ3n) is 3.08. The van der Waals surface area contributed by atoms with Crippen molar-refractivity contribution in [3.8, 4) is 5.75 Å². The molecule has 0 bridgehead atoms. The number of hydrogen-bond acceptors (Lipinski definition) is 6. The molecule has 2 aromatic heterocycles. The Morgan fingerprint density at radius 3 is 2.95 bits per heavy atom. The lowest BCUT2D eigenvalue weighted by Crippen LogP contribution is -2.54. The van der Waals surface area contributed by atoms with E-state index in [9.17, 15) is 9.18 Å². The van der Waals surface area contributed by atoms with Gasteiger partial charge in [-0.1, -0.05) is 0 Å². The van der Waals surface area contributed by atoms with Gasteiger partial charge in [-0.25, -0.2) is 14.4 Å². The molecular formula is C13H12FN5O2. The molecular weight excluding hydrogens is 277 g/mol. The Balaban J connectivity index is 1.61. The summed E-state index contributed by atoms with van der Waals surface area (Å²) in [5.74, 6) is -0.307. The van der Waals surface area contributed by atoms with Crippen LogP contribution in [0.25, 0.3) is 0 Å². The van der Waals surface area contributed by atoms with Crippen LogP contribution in [0.15, 0.2) is 30.9 Å². The SMILES string of the molecule is NC(=O)c1cc(OC2CN(c3ncncc3F)C2)ccn1. The predicted molar refractivity (Wildman–Crippen MR) is 71.4 cm³/mol. The van der Waals surface area contributed by atoms with Gasteiger partial charge in [-0.15, -0.1) is 0 Å². The molecule has 2 N–H and O–H groups in total. The first-order valence-corrected chi connectivity index (χ1v) is 6.26. The van der Waals surface area contributed by atoms with Crippen LogP contribution in [0.2, 0.25) is 0 Å². The highest BCUT2D eigenvalue weighted by Crippen LogP contribution is 2.24. The number of primary amides is 1. The molecule has 1 aliphatic heterocycles. The van der Waals surface area contributed by atoms with Gasteiger partial charge in [0.15, 0.2) is 11.6 Å². The van der Waals surface area contributed by atoms with Gasteiger partial charge < -0.3 is 15.4 Å². The monoisotopic (exact) mass is 289 g/mol. The van der Waals surface area contributed by atoms with E-state index in [2.05, 4.69) is 15.0 Å². The fraction of sp³-hybridized carbons (Fsp3) is 0.231. The predicted octanol–water partition coefficient (Wildman–Crippen LogP) is 0.377. The molecule has 1 amide bonds. The summed E-state index contributed by atoms with van der Waals surface area (Å²) >= 11 is 0. The molecule has 0 aliphatic carbocycles. The molecule has 21 heavy (non-hydrogen) atoms. The minimum atomic E-state index is -0.612. The molecule has 0 spiro atoms. The van der Waals surface area contributed by atoms with E-state index in [4.69, 9.17) is 10.5 Å². The Morgan fingerprint density at radius 1 is 1.43 bits per heavy atom. The van der Waals surface area contributed by atoms with Gasteiger partial charge in [-0.3, -0.25) is 9.78 Å². The van der Waals surface area contributed by atoms with Gasteiger partial charge in [-0.05, 0) is 6.07 Å². The van der Waals surface area contributed by atoms with Gasteiger partial charge in [0.1, 0.15) is 23.9 Å². The summed E-state index contributed by atoms with van der Waals surface area (Å²) in [6, 6.07) is 3.12. The van der Waals surface area contributed by atoms with E-state index in [0.29, 0.717) is 18.8 Å². The zero-order valence-electron chi connectivity index (χ0n) is 10.9. The lowest BCUT2D eigenvalue weighted by molar-refractivity contribution is 0.0994. The fourth-order valence-electron chi connectivity index (χ4n) is 2.04. The second-order valence-corrected chi connectivity index (χ2v) is 4.58. The lowest BCUT2D eigenvalue weighted by atomic mass is 10.1. The summed E-state index contributed by atoms with van der Waals surface area (Å²) < 4.78 is 19.2. The third-order valence-corrected chi connectivity index (χ3v) is 3.08. The van der Waals surface area contributed by atoms with Crippen molar-refractivity contribution in [2.45, 2.75) is 6.10 Å². The number of halogens is 1. The van der Waals surface area contributed by atoms with E-state index in [-0.39, 0.29) is 17.6 Å². The summed E-state index contributed by atoms with van der Waals surface area (Å²) in [5, 5.41) is 0. The van der Waals surface area contributed by atoms with Crippen LogP contribution in [-0.4, -0.2) is 40.1 Å². The zero-order chi connectivity index (χ0) is 14.8. The van der Waals surface area contributed by atoms with Crippen LogP contribution in [0.5, 0.6) is 5.75 Å². The summed E-state index contributed by atoms with van der Waals surface area (Å²) in [7, 11) is 0. The normalized spacial score (nSPS) is 14.6. The number of carbonyl (C=O) groups excluding carboxylic acids is 1. The first kappa shape index (κ1) is 13.2. The molecule has 0 atom stereocenters. The average molecular weight is 289 g/mol. The molecule has 1 fully saturated rings. The number of nitrogens with two attached hydrogens (primary N) is 1. The maximum Gasteiger partial charge on any atom is 0.267 e. The molecule has 1 saturated heterocycles. The van der Waals surface area contributed by atoms with Crippen LogP contribution in [0.1, 0.15) is 10.5 Å². The number of anilines is 1. The molecule has 2 aromatic rings. The number of hydrogen-bond donors (Lipinski definition) is 1. The highest BCUT2D eigenvalue weighted by molar-refractivity contribution is 5.91. The summed E-state index contributed by atoms with van der Waals surface area (Å²) in [4.78, 5) is 24.1. The first-order valence-electron chi connectivity index (χ1n) is 6.26. The van der Waals surface area contributed by atoms with Gasteiger partial charge in [0.05, 0.1) is 19.3 Å². The van der Waals surface area contributed by atoms with Crippen LogP contribution in [0.3, 0.4) is 0 Å². The standard InChI is InChI=1S/C13H12FN5O2/c14-10-4-16-7-18-13(10)19-5-9(6-19)21-8-1-2-17-11(3-8)12(15)20/h1-4,7,9H,5-6H2,(H2,15,20). The Morgan fingerprint density at radius 2 is 2.24 bits per heavy atom. The third kappa shape index (κ3) is 2.73. The van der Waals surface area contributed by atoms with Crippen molar-refractivity contribution in [1.82, 2.24) is 15.0 Å². The Kier molecular flexibility index (Phi) is 3.35. The Hall–Kier alpha value is -2.77. The Labute approximate surface area is 119 Å². The van der Waals surface area contributed by atoms with Crippen LogP contribution >= 0.6 is 0 Å². The number of rotatable bonds is 4. The molecule has 108 valence electrons. The van der Waals surface area contributed by atoms with Crippen molar-refractivity contribution < 1.29 is 13.9 Å². The average Bonchev–Trinajstić information content (AvgIpc) is 2.44. The maximum atomic E-state index is 13.5. The van der Waals surface area contributed by atoms with Gasteiger partial charge in [0, 0.05) is 12.3 Å². The molecule has 8 heteroatoms. The molecule has 3 rings (SSSR count). The minimum absolute atomic E-state index is 0.109. The summed E-state index contributed by atoms with van der Waals surface area (Å²) in [5.41, 5.74) is 5.30. The number of ether oxygens (including phenoxy) is 1. The van der Waals surface area contributed by atoms with Crippen molar-refractivity contribution in [2.75, 3.05) is 18.0 Å². The van der Waals surface area contributed by atoms with Crippen LogP contribution < -0.4 is 15.4 Å². The van der Waals surface area contributed by atoms with E-state index >= 15 is 0 Å². The molecule has 0 unspecified atom stereocenters. The van der Waals surface area contributed by atoms with Crippen molar-refractivity contribution in [1.29, 1.82) is 0 Å². The van der Waals surface area contributed by atoms with Gasteiger partial charge in [0.2, 0.25) is 0 Å². The zero-order valence-corrected chi connectivity index (χ0v) is 10.9. The second kappa shape index (κ2) is 5.31. The first-order chi connectivity index (χ1) is 10.1. The van der Waals surface area contributed by atoms with Crippen molar-refractivity contribution >= 4 is 11.7 Å². The smallest absolute Gasteiger partial charge is 0.267 e. The molecule has 0 saturated carbocycles. The van der Waals surface area contributed by atoms with Crippen molar-refractivity contribution in [2.24, 2.45) is 5.73 Å². The van der Waals surface area contributed by atoms with Crippen LogP contribution in [0.4, 0.5) is 10.2 Å².